The normalized spacial score (nSPS) is 21.3. The summed E-state index contributed by atoms with van der Waals surface area (Å²) in [6.45, 7) is 3.34. The van der Waals surface area contributed by atoms with Crippen LogP contribution in [0, 0.1) is 17.6 Å². The smallest absolute Gasteiger partial charge is 0.183 e. The van der Waals surface area contributed by atoms with Crippen LogP contribution in [-0.4, -0.2) is 13.2 Å². The van der Waals surface area contributed by atoms with Gasteiger partial charge < -0.3 is 9.47 Å². The Labute approximate surface area is 140 Å². The predicted molar refractivity (Wildman–Crippen MR) is 89.4 cm³/mol. The van der Waals surface area contributed by atoms with Crippen molar-refractivity contribution < 1.29 is 18.3 Å². The molecule has 1 fully saturated rings. The molecule has 3 rings (SSSR count). The molecule has 2 aromatic carbocycles. The first-order chi connectivity index (χ1) is 11.7. The predicted octanol–water partition coefficient (Wildman–Crippen LogP) is 5.26. The lowest BCUT2D eigenvalue weighted by molar-refractivity contribution is -0.204. The second-order valence-corrected chi connectivity index (χ2v) is 5.92. The lowest BCUT2D eigenvalue weighted by Gasteiger charge is -2.29. The van der Waals surface area contributed by atoms with Crippen molar-refractivity contribution in [2.75, 3.05) is 13.2 Å². The zero-order valence-electron chi connectivity index (χ0n) is 13.5. The van der Waals surface area contributed by atoms with Gasteiger partial charge in [-0.1, -0.05) is 42.5 Å². The van der Waals surface area contributed by atoms with Crippen molar-refractivity contribution in [2.45, 2.75) is 19.6 Å². The highest BCUT2D eigenvalue weighted by atomic mass is 19.2. The van der Waals surface area contributed by atoms with Gasteiger partial charge in [-0.2, -0.15) is 0 Å². The number of hydrogen-bond acceptors (Lipinski definition) is 2. The van der Waals surface area contributed by atoms with Crippen LogP contribution in [-0.2, 0) is 9.47 Å². The molecule has 2 nitrogen and oxygen atoms in total. The Morgan fingerprint density at radius 2 is 1.62 bits per heavy atom. The molecule has 0 bridgehead atoms. The van der Waals surface area contributed by atoms with Gasteiger partial charge in [0.25, 0.3) is 0 Å². The third kappa shape index (κ3) is 3.89. The molecule has 0 N–H and O–H groups in total. The van der Waals surface area contributed by atoms with Crippen molar-refractivity contribution >= 4 is 0 Å². The summed E-state index contributed by atoms with van der Waals surface area (Å²) in [6, 6.07) is 11.4. The first-order valence-electron chi connectivity index (χ1n) is 8.07. The van der Waals surface area contributed by atoms with E-state index in [-0.39, 0.29) is 6.29 Å². The minimum Gasteiger partial charge on any atom is -0.348 e. The average molecular weight is 330 g/mol. The Hall–Kier alpha value is -2.04. The van der Waals surface area contributed by atoms with E-state index in [0.29, 0.717) is 24.7 Å². The molecule has 1 heterocycles. The van der Waals surface area contributed by atoms with Gasteiger partial charge in [-0.15, -0.1) is 0 Å². The van der Waals surface area contributed by atoms with Gasteiger partial charge in [0.05, 0.1) is 13.2 Å². The monoisotopic (exact) mass is 330 g/mol. The van der Waals surface area contributed by atoms with Gasteiger partial charge in [0, 0.05) is 11.5 Å². The summed E-state index contributed by atoms with van der Waals surface area (Å²) >= 11 is 0. The van der Waals surface area contributed by atoms with E-state index < -0.39 is 11.6 Å². The van der Waals surface area contributed by atoms with Gasteiger partial charge in [-0.25, -0.2) is 8.78 Å². The molecule has 1 aliphatic rings. The van der Waals surface area contributed by atoms with Gasteiger partial charge in [0.15, 0.2) is 17.9 Å². The van der Waals surface area contributed by atoms with Crippen molar-refractivity contribution in [3.05, 3.63) is 71.8 Å². The van der Waals surface area contributed by atoms with Crippen LogP contribution in [0.5, 0.6) is 0 Å². The Kier molecular flexibility index (Phi) is 5.38. The molecule has 0 aliphatic carbocycles. The van der Waals surface area contributed by atoms with Crippen molar-refractivity contribution in [3.8, 4) is 11.1 Å². The Balaban J connectivity index is 1.66. The molecule has 24 heavy (non-hydrogen) atoms. The summed E-state index contributed by atoms with van der Waals surface area (Å²) in [7, 11) is 0. The van der Waals surface area contributed by atoms with E-state index in [1.54, 1.807) is 6.07 Å². The zero-order valence-corrected chi connectivity index (χ0v) is 13.5. The molecule has 0 atom stereocenters. The van der Waals surface area contributed by atoms with E-state index in [4.69, 9.17) is 9.47 Å². The molecule has 0 aromatic heterocycles. The third-order valence-electron chi connectivity index (χ3n) is 4.11. The van der Waals surface area contributed by atoms with Crippen LogP contribution in [0.25, 0.3) is 11.1 Å². The van der Waals surface area contributed by atoms with Gasteiger partial charge in [-0.3, -0.25) is 0 Å². The summed E-state index contributed by atoms with van der Waals surface area (Å²) in [5.41, 5.74) is 2.38. The van der Waals surface area contributed by atoms with E-state index >= 15 is 0 Å². The molecule has 0 spiro atoms. The topological polar surface area (TPSA) is 18.5 Å². The second-order valence-electron chi connectivity index (χ2n) is 5.92. The minimum atomic E-state index is -0.845. The molecule has 126 valence electrons. The van der Waals surface area contributed by atoms with Crippen LogP contribution < -0.4 is 0 Å². The van der Waals surface area contributed by atoms with Gasteiger partial charge in [0.1, 0.15) is 0 Å². The van der Waals surface area contributed by atoms with Gasteiger partial charge >= 0.3 is 0 Å². The molecule has 2 aromatic rings. The Bertz CT molecular complexity index is 702. The largest absolute Gasteiger partial charge is 0.348 e. The molecular formula is C20H20F2O2. The summed E-state index contributed by atoms with van der Waals surface area (Å²) in [5.74, 6) is -1.30. The molecule has 0 unspecified atom stereocenters. The van der Waals surface area contributed by atoms with E-state index in [0.717, 1.165) is 23.6 Å². The highest BCUT2D eigenvalue weighted by Crippen LogP contribution is 2.29. The van der Waals surface area contributed by atoms with Crippen molar-refractivity contribution in [1.82, 2.24) is 0 Å². The van der Waals surface area contributed by atoms with E-state index in [1.165, 1.54) is 6.07 Å². The van der Waals surface area contributed by atoms with E-state index in [1.807, 2.05) is 37.3 Å². The Morgan fingerprint density at radius 1 is 0.958 bits per heavy atom. The molecule has 0 saturated carbocycles. The second kappa shape index (κ2) is 7.69. The lowest BCUT2D eigenvalue weighted by atomic mass is 10.0. The molecule has 0 radical (unpaired) electrons. The van der Waals surface area contributed by atoms with Crippen LogP contribution >= 0.6 is 0 Å². The highest BCUT2D eigenvalue weighted by Gasteiger charge is 2.22. The van der Waals surface area contributed by atoms with Crippen LogP contribution in [0.1, 0.15) is 25.2 Å². The fourth-order valence-corrected chi connectivity index (χ4v) is 2.71. The van der Waals surface area contributed by atoms with Crippen LogP contribution in [0.15, 0.2) is 54.6 Å². The van der Waals surface area contributed by atoms with Crippen LogP contribution in [0.3, 0.4) is 0 Å². The Morgan fingerprint density at radius 3 is 2.25 bits per heavy atom. The van der Waals surface area contributed by atoms with E-state index in [2.05, 4.69) is 6.08 Å². The molecular weight excluding hydrogens is 310 g/mol. The molecule has 4 heteroatoms. The summed E-state index contributed by atoms with van der Waals surface area (Å²) in [5, 5.41) is 0. The maximum absolute atomic E-state index is 13.3. The maximum Gasteiger partial charge on any atom is 0.183 e. The number of rotatable bonds is 4. The number of ether oxygens (including phenoxy) is 2. The minimum absolute atomic E-state index is 0.370. The number of allylic oxidation sites excluding steroid dienone is 2. The van der Waals surface area contributed by atoms with Crippen LogP contribution in [0.2, 0.25) is 0 Å². The van der Waals surface area contributed by atoms with E-state index in [9.17, 15) is 8.78 Å². The molecule has 1 aliphatic heterocycles. The molecule has 1 saturated heterocycles. The fraction of sp³-hybridized carbons (Fsp3) is 0.300. The average Bonchev–Trinajstić information content (AvgIpc) is 2.63. The van der Waals surface area contributed by atoms with Crippen LogP contribution in [0.4, 0.5) is 8.78 Å². The zero-order chi connectivity index (χ0) is 16.9. The van der Waals surface area contributed by atoms with Crippen molar-refractivity contribution in [1.29, 1.82) is 0 Å². The third-order valence-corrected chi connectivity index (χ3v) is 4.11. The summed E-state index contributed by atoms with van der Waals surface area (Å²) < 4.78 is 37.9. The van der Waals surface area contributed by atoms with Crippen molar-refractivity contribution in [2.24, 2.45) is 5.92 Å². The quantitative estimate of drug-likeness (QED) is 0.712. The lowest BCUT2D eigenvalue weighted by Crippen LogP contribution is -2.26. The van der Waals surface area contributed by atoms with Gasteiger partial charge in [0.2, 0.25) is 0 Å². The number of benzene rings is 2. The van der Waals surface area contributed by atoms with Gasteiger partial charge in [-0.05, 0) is 36.6 Å². The summed E-state index contributed by atoms with van der Waals surface area (Å²) in [4.78, 5) is 0. The first-order valence-corrected chi connectivity index (χ1v) is 8.07. The summed E-state index contributed by atoms with van der Waals surface area (Å²) in [6.07, 6.45) is 4.74. The highest BCUT2D eigenvalue weighted by molar-refractivity contribution is 5.63. The van der Waals surface area contributed by atoms with Crippen molar-refractivity contribution in [3.63, 3.8) is 0 Å². The first kappa shape index (κ1) is 16.8. The standard InChI is InChI=1S/C20H20F2O2/c1-2-3-4-14-12-23-20(24-13-14)16-7-5-15(6-8-16)17-9-10-18(21)19(22)11-17/h2-3,5-11,14,20H,4,12-13H2,1H3/b3-2+. The number of halogens is 2. The number of hydrogen-bond donors (Lipinski definition) is 0. The fourth-order valence-electron chi connectivity index (χ4n) is 2.71. The maximum atomic E-state index is 13.3. The molecule has 0 amide bonds. The SMILES string of the molecule is C/C=C/CC1COC(c2ccc(-c3ccc(F)c(F)c3)cc2)OC1.